The van der Waals surface area contributed by atoms with E-state index in [1.54, 1.807) is 0 Å². The highest BCUT2D eigenvalue weighted by atomic mass is 16.1. The van der Waals surface area contributed by atoms with Gasteiger partial charge in [-0.25, -0.2) is 0 Å². The van der Waals surface area contributed by atoms with Gasteiger partial charge in [-0.3, -0.25) is 9.69 Å². The summed E-state index contributed by atoms with van der Waals surface area (Å²) in [5, 5.41) is 0. The molecule has 1 aliphatic heterocycles. The Morgan fingerprint density at radius 3 is 2.67 bits per heavy atom. The zero-order chi connectivity index (χ0) is 13.0. The summed E-state index contributed by atoms with van der Waals surface area (Å²) in [5.74, 6) is 0.788. The molecule has 1 unspecified atom stereocenters. The molecule has 98 valence electrons. The molecule has 0 radical (unpaired) electrons. The number of carbonyl (C=O) groups is 1. The fourth-order valence-corrected chi connectivity index (χ4v) is 2.47. The van der Waals surface area contributed by atoms with Crippen molar-refractivity contribution in [2.75, 3.05) is 26.2 Å². The van der Waals surface area contributed by atoms with Crippen molar-refractivity contribution in [3.63, 3.8) is 0 Å². The molecule has 0 aliphatic carbocycles. The normalized spacial score (nSPS) is 20.2. The van der Waals surface area contributed by atoms with Crippen molar-refractivity contribution in [1.82, 2.24) is 4.90 Å². The van der Waals surface area contributed by atoms with Crippen molar-refractivity contribution in [3.8, 4) is 0 Å². The lowest BCUT2D eigenvalue weighted by atomic mass is 10.1. The van der Waals surface area contributed by atoms with Gasteiger partial charge >= 0.3 is 0 Å². The highest BCUT2D eigenvalue weighted by molar-refractivity contribution is 5.97. The highest BCUT2D eigenvalue weighted by Crippen LogP contribution is 2.15. The number of likely N-dealkylation sites (tertiary alicyclic amines) is 1. The molecule has 3 nitrogen and oxygen atoms in total. The standard InChI is InChI=1S/C15H22N2O/c1-2-12-3-5-14(6-4-12)15(18)11-17-8-7-13(9-16)10-17/h3-6,13H,2,7-11,16H2,1H3. The van der Waals surface area contributed by atoms with Gasteiger partial charge in [-0.1, -0.05) is 31.2 Å². The summed E-state index contributed by atoms with van der Waals surface area (Å²) in [6, 6.07) is 7.97. The summed E-state index contributed by atoms with van der Waals surface area (Å²) in [6.45, 7) is 5.35. The molecule has 2 rings (SSSR count). The zero-order valence-corrected chi connectivity index (χ0v) is 11.1. The van der Waals surface area contributed by atoms with Crippen LogP contribution in [0.5, 0.6) is 0 Å². The fraction of sp³-hybridized carbons (Fsp3) is 0.533. The van der Waals surface area contributed by atoms with Crippen LogP contribution in [0.3, 0.4) is 0 Å². The van der Waals surface area contributed by atoms with Crippen LogP contribution in [0.1, 0.15) is 29.3 Å². The molecule has 1 heterocycles. The summed E-state index contributed by atoms with van der Waals surface area (Å²) < 4.78 is 0. The van der Waals surface area contributed by atoms with Crippen LogP contribution >= 0.6 is 0 Å². The van der Waals surface area contributed by atoms with Crippen LogP contribution in [0.25, 0.3) is 0 Å². The SMILES string of the molecule is CCc1ccc(C(=O)CN2CCC(CN)C2)cc1. The predicted molar refractivity (Wildman–Crippen MR) is 73.8 cm³/mol. The summed E-state index contributed by atoms with van der Waals surface area (Å²) in [4.78, 5) is 14.3. The molecule has 0 aromatic heterocycles. The van der Waals surface area contributed by atoms with E-state index in [1.807, 2.05) is 24.3 Å². The number of nitrogens with two attached hydrogens (primary N) is 1. The van der Waals surface area contributed by atoms with Gasteiger partial charge in [0.25, 0.3) is 0 Å². The summed E-state index contributed by atoms with van der Waals surface area (Å²) in [5.41, 5.74) is 7.75. The molecule has 1 atom stereocenters. The van der Waals surface area contributed by atoms with Gasteiger partial charge in [0, 0.05) is 12.1 Å². The molecule has 0 spiro atoms. The van der Waals surface area contributed by atoms with Crippen molar-refractivity contribution in [1.29, 1.82) is 0 Å². The predicted octanol–water partition coefficient (Wildman–Crippen LogP) is 1.71. The number of hydrogen-bond acceptors (Lipinski definition) is 3. The second-order valence-corrected chi connectivity index (χ2v) is 5.10. The van der Waals surface area contributed by atoms with Gasteiger partial charge in [0.15, 0.2) is 5.78 Å². The lowest BCUT2D eigenvalue weighted by molar-refractivity contribution is 0.0943. The quantitative estimate of drug-likeness (QED) is 0.805. The molecule has 1 aromatic carbocycles. The number of benzene rings is 1. The second kappa shape index (κ2) is 6.12. The molecule has 1 fully saturated rings. The number of carbonyl (C=O) groups excluding carboxylic acids is 1. The number of rotatable bonds is 5. The Morgan fingerprint density at radius 1 is 1.39 bits per heavy atom. The Hall–Kier alpha value is -1.19. The van der Waals surface area contributed by atoms with Crippen molar-refractivity contribution in [2.45, 2.75) is 19.8 Å². The monoisotopic (exact) mass is 246 g/mol. The minimum atomic E-state index is 0.218. The maximum atomic E-state index is 12.1. The Balaban J connectivity index is 1.91. The van der Waals surface area contributed by atoms with Crippen molar-refractivity contribution < 1.29 is 4.79 Å². The molecule has 0 amide bonds. The van der Waals surface area contributed by atoms with E-state index in [-0.39, 0.29) is 5.78 Å². The summed E-state index contributed by atoms with van der Waals surface area (Å²) in [7, 11) is 0. The molecular weight excluding hydrogens is 224 g/mol. The third-order valence-corrected chi connectivity index (χ3v) is 3.75. The average molecular weight is 246 g/mol. The lowest BCUT2D eigenvalue weighted by Gasteiger charge is -2.14. The van der Waals surface area contributed by atoms with E-state index < -0.39 is 0 Å². The molecular formula is C15H22N2O. The van der Waals surface area contributed by atoms with Gasteiger partial charge in [0.2, 0.25) is 0 Å². The molecule has 18 heavy (non-hydrogen) atoms. The van der Waals surface area contributed by atoms with Gasteiger partial charge in [-0.05, 0) is 37.4 Å². The van der Waals surface area contributed by atoms with E-state index in [2.05, 4.69) is 11.8 Å². The van der Waals surface area contributed by atoms with Crippen molar-refractivity contribution in [3.05, 3.63) is 35.4 Å². The van der Waals surface area contributed by atoms with Crippen LogP contribution in [0.4, 0.5) is 0 Å². The van der Waals surface area contributed by atoms with Crippen LogP contribution in [0, 0.1) is 5.92 Å². The minimum absolute atomic E-state index is 0.218. The topological polar surface area (TPSA) is 46.3 Å². The third-order valence-electron chi connectivity index (χ3n) is 3.75. The number of ketones is 1. The number of Topliss-reactive ketones (excluding diaryl/α,β-unsaturated/α-hetero) is 1. The van der Waals surface area contributed by atoms with Gasteiger partial charge in [-0.2, -0.15) is 0 Å². The number of hydrogen-bond donors (Lipinski definition) is 1. The molecule has 0 bridgehead atoms. The van der Waals surface area contributed by atoms with E-state index in [4.69, 9.17) is 5.73 Å². The van der Waals surface area contributed by atoms with E-state index in [9.17, 15) is 4.79 Å². The van der Waals surface area contributed by atoms with Gasteiger partial charge in [-0.15, -0.1) is 0 Å². The smallest absolute Gasteiger partial charge is 0.176 e. The van der Waals surface area contributed by atoms with E-state index >= 15 is 0 Å². The molecule has 0 saturated carbocycles. The van der Waals surface area contributed by atoms with E-state index in [1.165, 1.54) is 5.56 Å². The van der Waals surface area contributed by atoms with Gasteiger partial charge in [0.05, 0.1) is 6.54 Å². The fourth-order valence-electron chi connectivity index (χ4n) is 2.47. The summed E-state index contributed by atoms with van der Waals surface area (Å²) >= 11 is 0. The van der Waals surface area contributed by atoms with Gasteiger partial charge in [0.1, 0.15) is 0 Å². The van der Waals surface area contributed by atoms with Crippen molar-refractivity contribution >= 4 is 5.78 Å². The second-order valence-electron chi connectivity index (χ2n) is 5.10. The Kier molecular flexibility index (Phi) is 4.50. The maximum Gasteiger partial charge on any atom is 0.176 e. The Bertz CT molecular complexity index is 399. The largest absolute Gasteiger partial charge is 0.330 e. The molecule has 3 heteroatoms. The minimum Gasteiger partial charge on any atom is -0.330 e. The molecule has 1 aliphatic rings. The zero-order valence-electron chi connectivity index (χ0n) is 11.1. The van der Waals surface area contributed by atoms with Crippen LogP contribution in [0.15, 0.2) is 24.3 Å². The number of aryl methyl sites for hydroxylation is 1. The van der Waals surface area contributed by atoms with Crippen LogP contribution in [0.2, 0.25) is 0 Å². The third kappa shape index (κ3) is 3.18. The molecule has 2 N–H and O–H groups in total. The van der Waals surface area contributed by atoms with E-state index in [0.717, 1.165) is 38.0 Å². The van der Waals surface area contributed by atoms with Crippen LogP contribution in [-0.2, 0) is 6.42 Å². The average Bonchev–Trinajstić information content (AvgIpc) is 2.86. The first kappa shape index (κ1) is 13.2. The van der Waals surface area contributed by atoms with Crippen LogP contribution < -0.4 is 5.73 Å². The number of nitrogens with zero attached hydrogens (tertiary/aromatic N) is 1. The van der Waals surface area contributed by atoms with E-state index in [0.29, 0.717) is 12.5 Å². The first-order valence-corrected chi connectivity index (χ1v) is 6.77. The Morgan fingerprint density at radius 2 is 2.11 bits per heavy atom. The first-order chi connectivity index (χ1) is 8.72. The van der Waals surface area contributed by atoms with Crippen LogP contribution in [-0.4, -0.2) is 36.9 Å². The van der Waals surface area contributed by atoms with Gasteiger partial charge < -0.3 is 5.73 Å². The Labute approximate surface area is 109 Å². The lowest BCUT2D eigenvalue weighted by Crippen LogP contribution is -2.29. The maximum absolute atomic E-state index is 12.1. The van der Waals surface area contributed by atoms with Crippen molar-refractivity contribution in [2.24, 2.45) is 11.7 Å². The summed E-state index contributed by atoms with van der Waals surface area (Å²) in [6.07, 6.45) is 2.14. The highest BCUT2D eigenvalue weighted by Gasteiger charge is 2.23. The molecule has 1 saturated heterocycles. The molecule has 1 aromatic rings. The first-order valence-electron chi connectivity index (χ1n) is 6.77.